The van der Waals surface area contributed by atoms with Crippen molar-refractivity contribution in [2.45, 2.75) is 31.4 Å². The quantitative estimate of drug-likeness (QED) is 0.862. The number of nitrogens with zero attached hydrogens (tertiary/aromatic N) is 2. The summed E-state index contributed by atoms with van der Waals surface area (Å²) in [7, 11) is 1.84. The van der Waals surface area contributed by atoms with Crippen LogP contribution in [0.1, 0.15) is 24.8 Å². The van der Waals surface area contributed by atoms with Crippen molar-refractivity contribution in [3.63, 3.8) is 0 Å². The maximum atomic E-state index is 4.43. The first-order valence-electron chi connectivity index (χ1n) is 6.16. The van der Waals surface area contributed by atoms with Gasteiger partial charge in [0.1, 0.15) is 5.82 Å². The van der Waals surface area contributed by atoms with Crippen LogP contribution in [0.15, 0.2) is 6.20 Å². The minimum Gasteiger partial charge on any atom is -0.369 e. The fourth-order valence-corrected chi connectivity index (χ4v) is 3.16. The lowest BCUT2D eigenvalue weighted by Crippen LogP contribution is -2.21. The summed E-state index contributed by atoms with van der Waals surface area (Å²) in [6, 6.07) is 0. The zero-order chi connectivity index (χ0) is 12.1. The number of aromatic nitrogens is 2. The summed E-state index contributed by atoms with van der Waals surface area (Å²) in [5.74, 6) is 2.93. The Morgan fingerprint density at radius 3 is 3.06 bits per heavy atom. The van der Waals surface area contributed by atoms with Crippen molar-refractivity contribution in [2.24, 2.45) is 0 Å². The van der Waals surface area contributed by atoms with Gasteiger partial charge in [-0.3, -0.25) is 0 Å². The molecule has 0 saturated carbocycles. The first-order valence-corrected chi connectivity index (χ1v) is 7.21. The third-order valence-electron chi connectivity index (χ3n) is 2.97. The second-order valence-corrected chi connectivity index (χ2v) is 5.75. The molecule has 1 aromatic rings. The van der Waals surface area contributed by atoms with Gasteiger partial charge in [0.05, 0.1) is 0 Å². The summed E-state index contributed by atoms with van der Waals surface area (Å²) in [5, 5.41) is 7.14. The van der Waals surface area contributed by atoms with Gasteiger partial charge in [-0.25, -0.2) is 4.98 Å². The molecule has 4 nitrogen and oxygen atoms in total. The normalized spacial score (nSPS) is 20.0. The number of rotatable bonds is 4. The standard InChI is InChI=1S/C12H20N4S/c1-9-7-15-12(13-2)16-11(9)14-8-10-5-3-4-6-17-10/h7,10H,3-6,8H2,1-2H3,(H2,13,14,15,16). The van der Waals surface area contributed by atoms with E-state index in [9.17, 15) is 0 Å². The number of hydrogen-bond acceptors (Lipinski definition) is 5. The molecule has 2 heterocycles. The highest BCUT2D eigenvalue weighted by atomic mass is 32.2. The summed E-state index contributed by atoms with van der Waals surface area (Å²) < 4.78 is 0. The van der Waals surface area contributed by atoms with Gasteiger partial charge in [0.2, 0.25) is 5.95 Å². The fraction of sp³-hybridized carbons (Fsp3) is 0.667. The van der Waals surface area contributed by atoms with E-state index in [1.165, 1.54) is 25.0 Å². The Labute approximate surface area is 107 Å². The minimum atomic E-state index is 0.675. The monoisotopic (exact) mass is 252 g/mol. The molecule has 1 fully saturated rings. The van der Waals surface area contributed by atoms with Crippen LogP contribution < -0.4 is 10.6 Å². The van der Waals surface area contributed by atoms with Crippen LogP contribution in [-0.2, 0) is 0 Å². The summed E-state index contributed by atoms with van der Waals surface area (Å²) in [4.78, 5) is 8.62. The van der Waals surface area contributed by atoms with Crippen LogP contribution in [0.4, 0.5) is 11.8 Å². The molecule has 1 aliphatic heterocycles. The highest BCUT2D eigenvalue weighted by Gasteiger charge is 2.14. The van der Waals surface area contributed by atoms with E-state index in [1.807, 2.05) is 20.2 Å². The number of aryl methyl sites for hydroxylation is 1. The van der Waals surface area contributed by atoms with Gasteiger partial charge in [0.25, 0.3) is 0 Å². The molecule has 1 unspecified atom stereocenters. The van der Waals surface area contributed by atoms with Crippen molar-refractivity contribution in [1.29, 1.82) is 0 Å². The predicted octanol–water partition coefficient (Wildman–Crippen LogP) is 2.52. The largest absolute Gasteiger partial charge is 0.369 e. The maximum Gasteiger partial charge on any atom is 0.224 e. The number of thioether (sulfide) groups is 1. The zero-order valence-corrected chi connectivity index (χ0v) is 11.3. The average molecular weight is 252 g/mol. The summed E-state index contributed by atoms with van der Waals surface area (Å²) in [6.45, 7) is 3.04. The van der Waals surface area contributed by atoms with Crippen LogP contribution in [-0.4, -0.2) is 34.6 Å². The van der Waals surface area contributed by atoms with Gasteiger partial charge in [-0.1, -0.05) is 6.42 Å². The van der Waals surface area contributed by atoms with E-state index < -0.39 is 0 Å². The zero-order valence-electron chi connectivity index (χ0n) is 10.5. The third kappa shape index (κ3) is 3.49. The summed E-state index contributed by atoms with van der Waals surface area (Å²) >= 11 is 2.08. The smallest absolute Gasteiger partial charge is 0.224 e. The first kappa shape index (κ1) is 12.5. The fourth-order valence-electron chi connectivity index (χ4n) is 1.92. The Bertz CT molecular complexity index is 364. The molecule has 2 N–H and O–H groups in total. The van der Waals surface area contributed by atoms with Crippen LogP contribution in [0.3, 0.4) is 0 Å². The Kier molecular flexibility index (Phi) is 4.48. The Hall–Kier alpha value is -0.970. The number of nitrogens with one attached hydrogen (secondary N) is 2. The molecule has 1 atom stereocenters. The van der Waals surface area contributed by atoms with Crippen molar-refractivity contribution < 1.29 is 0 Å². The third-order valence-corrected chi connectivity index (χ3v) is 4.36. The minimum absolute atomic E-state index is 0.675. The second-order valence-electron chi connectivity index (χ2n) is 4.34. The van der Waals surface area contributed by atoms with Gasteiger partial charge in [0.15, 0.2) is 0 Å². The molecule has 0 bridgehead atoms. The molecule has 1 aliphatic rings. The predicted molar refractivity (Wildman–Crippen MR) is 74.9 cm³/mol. The molecule has 1 saturated heterocycles. The Balaban J connectivity index is 1.92. The molecule has 94 valence electrons. The van der Waals surface area contributed by atoms with E-state index in [4.69, 9.17) is 0 Å². The van der Waals surface area contributed by atoms with E-state index in [0.717, 1.165) is 23.2 Å². The summed E-state index contributed by atoms with van der Waals surface area (Å²) in [6.07, 6.45) is 5.91. The number of hydrogen-bond donors (Lipinski definition) is 2. The van der Waals surface area contributed by atoms with Crippen molar-refractivity contribution in [3.05, 3.63) is 11.8 Å². The molecule has 0 spiro atoms. The molecule has 5 heteroatoms. The van der Waals surface area contributed by atoms with E-state index >= 15 is 0 Å². The van der Waals surface area contributed by atoms with Crippen LogP contribution in [0.25, 0.3) is 0 Å². The van der Waals surface area contributed by atoms with E-state index in [1.54, 1.807) is 0 Å². The van der Waals surface area contributed by atoms with Crippen molar-refractivity contribution >= 4 is 23.5 Å². The van der Waals surface area contributed by atoms with Crippen LogP contribution in [0.5, 0.6) is 0 Å². The Morgan fingerprint density at radius 2 is 2.35 bits per heavy atom. The van der Waals surface area contributed by atoms with E-state index in [0.29, 0.717) is 5.95 Å². The molecule has 0 amide bonds. The van der Waals surface area contributed by atoms with E-state index in [-0.39, 0.29) is 0 Å². The highest BCUT2D eigenvalue weighted by Crippen LogP contribution is 2.25. The van der Waals surface area contributed by atoms with Gasteiger partial charge in [0, 0.05) is 30.6 Å². The van der Waals surface area contributed by atoms with Crippen molar-refractivity contribution in [2.75, 3.05) is 30.0 Å². The van der Waals surface area contributed by atoms with Crippen LogP contribution in [0.2, 0.25) is 0 Å². The van der Waals surface area contributed by atoms with Gasteiger partial charge >= 0.3 is 0 Å². The maximum absolute atomic E-state index is 4.43. The molecular weight excluding hydrogens is 232 g/mol. The Morgan fingerprint density at radius 1 is 1.47 bits per heavy atom. The van der Waals surface area contributed by atoms with Gasteiger partial charge in [-0.05, 0) is 25.5 Å². The summed E-state index contributed by atoms with van der Waals surface area (Å²) in [5.41, 5.74) is 1.10. The van der Waals surface area contributed by atoms with Crippen LogP contribution in [0, 0.1) is 6.92 Å². The van der Waals surface area contributed by atoms with Gasteiger partial charge in [-0.2, -0.15) is 16.7 Å². The lowest BCUT2D eigenvalue weighted by atomic mass is 10.2. The second kappa shape index (κ2) is 6.10. The van der Waals surface area contributed by atoms with Gasteiger partial charge in [-0.15, -0.1) is 0 Å². The lowest BCUT2D eigenvalue weighted by Gasteiger charge is -2.22. The van der Waals surface area contributed by atoms with Gasteiger partial charge < -0.3 is 10.6 Å². The molecule has 1 aromatic heterocycles. The van der Waals surface area contributed by atoms with Crippen LogP contribution >= 0.6 is 11.8 Å². The molecule has 17 heavy (non-hydrogen) atoms. The highest BCUT2D eigenvalue weighted by molar-refractivity contribution is 7.99. The molecule has 2 rings (SSSR count). The molecule has 0 aromatic carbocycles. The lowest BCUT2D eigenvalue weighted by molar-refractivity contribution is 0.676. The van der Waals surface area contributed by atoms with Crippen molar-refractivity contribution in [1.82, 2.24) is 9.97 Å². The van der Waals surface area contributed by atoms with Crippen molar-refractivity contribution in [3.8, 4) is 0 Å². The topological polar surface area (TPSA) is 49.8 Å². The molecule has 0 aliphatic carbocycles. The first-order chi connectivity index (χ1) is 8.29. The number of anilines is 2. The molecular formula is C12H20N4S. The SMILES string of the molecule is CNc1ncc(C)c(NCC2CCCCS2)n1. The average Bonchev–Trinajstić information content (AvgIpc) is 2.39. The molecule has 0 radical (unpaired) electrons. The van der Waals surface area contributed by atoms with E-state index in [2.05, 4.69) is 32.4 Å².